The normalized spacial score (nSPS) is 12.1. The van der Waals surface area contributed by atoms with Crippen LogP contribution in [0.3, 0.4) is 0 Å². The van der Waals surface area contributed by atoms with Crippen molar-refractivity contribution in [1.82, 2.24) is 9.97 Å². The van der Waals surface area contributed by atoms with Gasteiger partial charge >= 0.3 is 381 Å². The predicted octanol–water partition coefficient (Wildman–Crippen LogP) is 13.3. The molecule has 0 radical (unpaired) electrons. The van der Waals surface area contributed by atoms with Crippen molar-refractivity contribution in [2.45, 2.75) is 93.9 Å². The molecule has 0 bridgehead atoms. The number of hydrogen-bond donors (Lipinski definition) is 0. The third-order valence-corrected chi connectivity index (χ3v) is 16.4. The Morgan fingerprint density at radius 3 is 1.22 bits per heavy atom. The Hall–Kier alpha value is -3.42. The third kappa shape index (κ3) is 7.96. The minimum atomic E-state index is -0.908. The molecule has 0 amide bonds. The zero-order chi connectivity index (χ0) is 40.6. The SMILES string of the molecule is Cc1cccc(C)c1-c1sc2c(-c3[c-]c([Te]c4[c-]c(-c5nccc6c(C)c(-c7c(C)cccc7C)sc56)cc(C(C)(C)C)c4)cc(C(C)(C)C)c3)nccc2c1C.[Pt+2]. The van der Waals surface area contributed by atoms with Crippen LogP contribution in [-0.4, -0.2) is 30.9 Å². The number of rotatable bonds is 6. The number of benzene rings is 4. The summed E-state index contributed by atoms with van der Waals surface area (Å²) in [6, 6.07) is 35.0. The Balaban J connectivity index is 0.00000512. The van der Waals surface area contributed by atoms with E-state index in [9.17, 15) is 0 Å². The maximum atomic E-state index is 5.09. The largest absolute Gasteiger partial charge is 2.00 e. The second-order valence-corrected chi connectivity index (χ2v) is 22.7. The summed E-state index contributed by atoms with van der Waals surface area (Å²) < 4.78 is 5.01. The van der Waals surface area contributed by atoms with E-state index in [2.05, 4.69) is 168 Å². The first kappa shape index (κ1) is 42.7. The summed E-state index contributed by atoms with van der Waals surface area (Å²) in [5, 5.41) is 2.55. The van der Waals surface area contributed by atoms with Gasteiger partial charge in [0.15, 0.2) is 0 Å². The van der Waals surface area contributed by atoms with Crippen molar-refractivity contribution in [3.8, 4) is 43.4 Å². The molecular weight excluding hydrogens is 1040 g/mol. The van der Waals surface area contributed by atoms with Gasteiger partial charge in [-0.05, 0) is 0 Å². The number of nitrogens with zero attached hydrogens (tertiary/aromatic N) is 2. The van der Waals surface area contributed by atoms with E-state index in [4.69, 9.17) is 9.97 Å². The van der Waals surface area contributed by atoms with Gasteiger partial charge in [0.05, 0.1) is 0 Å². The number of hydrogen-bond acceptors (Lipinski definition) is 4. The maximum absolute atomic E-state index is 5.09. The molecular formula is C52H50N2PtS2Te. The molecule has 0 saturated heterocycles. The molecule has 0 saturated carbocycles. The molecule has 296 valence electrons. The quantitative estimate of drug-likeness (QED) is 0.122. The first-order valence-corrected chi connectivity index (χ1v) is 23.7. The molecule has 0 atom stereocenters. The Bertz CT molecular complexity index is 2630. The monoisotopic (exact) mass is 1090 g/mol. The van der Waals surface area contributed by atoms with Crippen LogP contribution >= 0.6 is 22.7 Å². The molecule has 4 aromatic carbocycles. The van der Waals surface area contributed by atoms with Crippen molar-refractivity contribution in [2.24, 2.45) is 0 Å². The minimum Gasteiger partial charge on any atom is 2.00 e. The van der Waals surface area contributed by atoms with Crippen LogP contribution in [0.15, 0.2) is 85.2 Å². The van der Waals surface area contributed by atoms with Gasteiger partial charge in [-0.2, -0.15) is 0 Å². The van der Waals surface area contributed by atoms with Gasteiger partial charge in [0.25, 0.3) is 0 Å². The molecule has 0 fully saturated rings. The second kappa shape index (κ2) is 16.2. The summed E-state index contributed by atoms with van der Waals surface area (Å²) in [5.74, 6) is 0. The van der Waals surface area contributed by atoms with E-state index in [-0.39, 0.29) is 31.9 Å². The summed E-state index contributed by atoms with van der Waals surface area (Å²) >= 11 is 2.84. The fourth-order valence-electron chi connectivity index (χ4n) is 7.94. The van der Waals surface area contributed by atoms with Crippen molar-refractivity contribution < 1.29 is 21.1 Å². The van der Waals surface area contributed by atoms with Crippen LogP contribution in [0, 0.1) is 53.7 Å². The van der Waals surface area contributed by atoms with Gasteiger partial charge in [-0.3, -0.25) is 0 Å². The van der Waals surface area contributed by atoms with E-state index in [1.807, 2.05) is 35.1 Å². The molecule has 2 nitrogen and oxygen atoms in total. The van der Waals surface area contributed by atoms with E-state index >= 15 is 0 Å². The van der Waals surface area contributed by atoms with Gasteiger partial charge in [0.1, 0.15) is 0 Å². The second-order valence-electron chi connectivity index (χ2n) is 17.6. The summed E-state index contributed by atoms with van der Waals surface area (Å²) in [5.41, 5.74) is 17.3. The van der Waals surface area contributed by atoms with Gasteiger partial charge in [-0.15, -0.1) is 0 Å². The average Bonchev–Trinajstić information content (AvgIpc) is 3.66. The average molecular weight is 1090 g/mol. The van der Waals surface area contributed by atoms with Gasteiger partial charge in [0.2, 0.25) is 0 Å². The van der Waals surface area contributed by atoms with Gasteiger partial charge in [0, 0.05) is 0 Å². The number of pyridine rings is 2. The third-order valence-electron chi connectivity index (χ3n) is 11.3. The topological polar surface area (TPSA) is 25.8 Å². The van der Waals surface area contributed by atoms with Crippen molar-refractivity contribution in [3.05, 3.63) is 142 Å². The molecule has 6 heteroatoms. The smallest absolute Gasteiger partial charge is 2.00 e. The van der Waals surface area contributed by atoms with E-state index < -0.39 is 20.9 Å². The first-order valence-electron chi connectivity index (χ1n) is 19.7. The molecule has 8 aromatic rings. The fraction of sp³-hybridized carbons (Fsp3) is 0.269. The Morgan fingerprint density at radius 2 is 0.879 bits per heavy atom. The van der Waals surface area contributed by atoms with Crippen LogP contribution in [0.4, 0.5) is 0 Å². The first-order chi connectivity index (χ1) is 27.0. The summed E-state index contributed by atoms with van der Waals surface area (Å²) in [7, 11) is 0. The Kier molecular flexibility index (Phi) is 11.9. The van der Waals surface area contributed by atoms with E-state index in [0.29, 0.717) is 0 Å². The molecule has 4 heterocycles. The molecule has 0 spiro atoms. The van der Waals surface area contributed by atoms with Crippen LogP contribution in [-0.2, 0) is 31.9 Å². The molecule has 0 N–H and O–H groups in total. The van der Waals surface area contributed by atoms with Crippen molar-refractivity contribution in [3.63, 3.8) is 0 Å². The summed E-state index contributed by atoms with van der Waals surface area (Å²) in [6.45, 7) is 27.3. The summed E-state index contributed by atoms with van der Waals surface area (Å²) in [4.78, 5) is 12.9. The van der Waals surface area contributed by atoms with Gasteiger partial charge < -0.3 is 0 Å². The standard InChI is InChI=1S/C52H50N2S2Te.Pt/c1-29-15-13-16-30(2)43(29)47-33(5)41-19-21-53-45(49(41)55-47)35-23-37(51(7,8)9)27-39(25-35)57-40-26-36(24-38(28-40)52(10,11)12)46-50-42(20-22-54-46)34(6)48(56-50)44-31(3)17-14-18-32(44)4;/h13-24,27-28H,1-12H3;/q-2;+2. The van der Waals surface area contributed by atoms with Crippen LogP contribution in [0.5, 0.6) is 0 Å². The molecule has 8 rings (SSSR count). The Morgan fingerprint density at radius 1 is 0.517 bits per heavy atom. The van der Waals surface area contributed by atoms with Crippen LogP contribution in [0.1, 0.15) is 86.1 Å². The van der Waals surface area contributed by atoms with Crippen molar-refractivity contribution in [1.29, 1.82) is 0 Å². The molecule has 0 unspecified atom stereocenters. The Labute approximate surface area is 378 Å². The number of aryl methyl sites for hydroxylation is 6. The van der Waals surface area contributed by atoms with Crippen molar-refractivity contribution in [2.75, 3.05) is 0 Å². The zero-order valence-corrected chi connectivity index (χ0v) is 41.8. The fourth-order valence-corrected chi connectivity index (χ4v) is 13.6. The molecule has 4 aromatic heterocycles. The van der Waals surface area contributed by atoms with Crippen molar-refractivity contribution >= 4 is 71.0 Å². The number of fused-ring (bicyclic) bond motifs is 2. The molecule has 0 aliphatic rings. The minimum absolute atomic E-state index is 0. The van der Waals surface area contributed by atoms with E-state index in [1.165, 1.54) is 92.8 Å². The van der Waals surface area contributed by atoms with Gasteiger partial charge in [-0.1, -0.05) is 0 Å². The molecule has 0 aliphatic heterocycles. The molecule has 58 heavy (non-hydrogen) atoms. The van der Waals surface area contributed by atoms with Crippen LogP contribution in [0.2, 0.25) is 0 Å². The van der Waals surface area contributed by atoms with Crippen LogP contribution < -0.4 is 7.22 Å². The van der Waals surface area contributed by atoms with Gasteiger partial charge in [-0.25, -0.2) is 0 Å². The van der Waals surface area contributed by atoms with E-state index in [0.717, 1.165) is 22.5 Å². The maximum Gasteiger partial charge on any atom is 2.00 e. The number of thiophene rings is 2. The summed E-state index contributed by atoms with van der Waals surface area (Å²) in [6.07, 6.45) is 3.97. The van der Waals surface area contributed by atoms with E-state index in [1.54, 1.807) is 0 Å². The predicted molar refractivity (Wildman–Crippen MR) is 249 cm³/mol. The molecule has 0 aliphatic carbocycles. The number of aromatic nitrogens is 2. The zero-order valence-electron chi connectivity index (χ0n) is 35.5. The van der Waals surface area contributed by atoms with Crippen LogP contribution in [0.25, 0.3) is 63.6 Å².